The second kappa shape index (κ2) is 9.02. The molecule has 0 saturated heterocycles. The van der Waals surface area contributed by atoms with Crippen molar-refractivity contribution in [1.82, 2.24) is 9.55 Å². The third kappa shape index (κ3) is 4.54. The number of aromatic nitrogens is 2. The first-order chi connectivity index (χ1) is 14.4. The van der Waals surface area contributed by atoms with Crippen LogP contribution in [0.15, 0.2) is 73.1 Å². The Hall–Kier alpha value is -2.99. The molecular formula is C24H23ClF3N3. The zero-order chi connectivity index (χ0) is 21.3. The lowest BCUT2D eigenvalue weighted by molar-refractivity contribution is -0.137. The molecule has 1 heterocycles. The number of halogens is 4. The summed E-state index contributed by atoms with van der Waals surface area (Å²) < 4.78 is 40.8. The molecular weight excluding hydrogens is 423 g/mol. The van der Waals surface area contributed by atoms with Crippen molar-refractivity contribution >= 4 is 29.1 Å². The van der Waals surface area contributed by atoms with Crippen molar-refractivity contribution in [3.8, 4) is 16.8 Å². The average Bonchev–Trinajstić information content (AvgIpc) is 3.18. The van der Waals surface area contributed by atoms with Crippen LogP contribution in [-0.4, -0.2) is 22.6 Å². The highest BCUT2D eigenvalue weighted by Gasteiger charge is 2.30. The van der Waals surface area contributed by atoms with E-state index in [2.05, 4.69) is 41.9 Å². The highest BCUT2D eigenvalue weighted by molar-refractivity contribution is 5.85. The number of nitrogens with zero attached hydrogens (tertiary/aromatic N) is 3. The summed E-state index contributed by atoms with van der Waals surface area (Å²) in [6, 6.07) is 20.0. The highest BCUT2D eigenvalue weighted by atomic mass is 35.5. The van der Waals surface area contributed by atoms with E-state index < -0.39 is 11.7 Å². The molecule has 4 aromatic rings. The van der Waals surface area contributed by atoms with Gasteiger partial charge in [0.25, 0.3) is 0 Å². The van der Waals surface area contributed by atoms with Gasteiger partial charge in [0.05, 0.1) is 16.6 Å². The number of alkyl halides is 3. The van der Waals surface area contributed by atoms with Crippen LogP contribution in [0, 0.1) is 0 Å². The number of anilines is 1. The molecule has 0 atom stereocenters. The Bertz CT molecular complexity index is 1180. The van der Waals surface area contributed by atoms with E-state index in [1.165, 1.54) is 6.07 Å². The van der Waals surface area contributed by atoms with Crippen molar-refractivity contribution in [3.63, 3.8) is 0 Å². The van der Waals surface area contributed by atoms with Gasteiger partial charge in [0.2, 0.25) is 0 Å². The smallest absolute Gasteiger partial charge is 0.372 e. The van der Waals surface area contributed by atoms with Gasteiger partial charge < -0.3 is 4.90 Å². The van der Waals surface area contributed by atoms with E-state index in [9.17, 15) is 13.2 Å². The zero-order valence-corrected chi connectivity index (χ0v) is 18.0. The second-order valence-corrected chi connectivity index (χ2v) is 7.09. The minimum atomic E-state index is -4.38. The van der Waals surface area contributed by atoms with E-state index in [-0.39, 0.29) is 12.4 Å². The molecule has 31 heavy (non-hydrogen) atoms. The lowest BCUT2D eigenvalue weighted by Gasteiger charge is -2.21. The first-order valence-corrected chi connectivity index (χ1v) is 9.91. The molecule has 0 unspecified atom stereocenters. The second-order valence-electron chi connectivity index (χ2n) is 7.09. The molecule has 0 radical (unpaired) electrons. The van der Waals surface area contributed by atoms with E-state index in [0.29, 0.717) is 11.0 Å². The summed E-state index contributed by atoms with van der Waals surface area (Å²) in [6.07, 6.45) is -2.82. The Labute approximate surface area is 185 Å². The quantitative estimate of drug-likeness (QED) is 0.330. The van der Waals surface area contributed by atoms with E-state index >= 15 is 0 Å². The summed E-state index contributed by atoms with van der Waals surface area (Å²) in [4.78, 5) is 6.47. The summed E-state index contributed by atoms with van der Waals surface area (Å²) in [6.45, 7) is 6.12. The number of imidazole rings is 1. The molecule has 0 aliphatic carbocycles. The monoisotopic (exact) mass is 445 g/mol. The van der Waals surface area contributed by atoms with Gasteiger partial charge in [-0.15, -0.1) is 12.4 Å². The van der Waals surface area contributed by atoms with Gasteiger partial charge in [-0.2, -0.15) is 13.2 Å². The molecule has 4 rings (SSSR count). The van der Waals surface area contributed by atoms with Gasteiger partial charge in [-0.05, 0) is 67.4 Å². The summed E-state index contributed by atoms with van der Waals surface area (Å²) in [5.74, 6) is 0. The molecule has 3 nitrogen and oxygen atoms in total. The van der Waals surface area contributed by atoms with Crippen molar-refractivity contribution in [2.24, 2.45) is 0 Å². The largest absolute Gasteiger partial charge is 0.416 e. The number of hydrogen-bond donors (Lipinski definition) is 0. The van der Waals surface area contributed by atoms with E-state index in [1.807, 2.05) is 34.9 Å². The molecule has 0 aliphatic heterocycles. The predicted molar refractivity (Wildman–Crippen MR) is 122 cm³/mol. The summed E-state index contributed by atoms with van der Waals surface area (Å²) in [5.41, 5.74) is 4.40. The van der Waals surface area contributed by atoms with Crippen LogP contribution in [0.2, 0.25) is 0 Å². The van der Waals surface area contributed by atoms with Crippen molar-refractivity contribution in [2.75, 3.05) is 18.0 Å². The summed E-state index contributed by atoms with van der Waals surface area (Å²) in [5, 5.41) is 0. The average molecular weight is 446 g/mol. The van der Waals surface area contributed by atoms with Crippen LogP contribution < -0.4 is 4.90 Å². The Morgan fingerprint density at radius 3 is 2.23 bits per heavy atom. The van der Waals surface area contributed by atoms with E-state index in [1.54, 1.807) is 6.33 Å². The van der Waals surface area contributed by atoms with Gasteiger partial charge in [0.15, 0.2) is 0 Å². The Morgan fingerprint density at radius 1 is 0.871 bits per heavy atom. The third-order valence-corrected chi connectivity index (χ3v) is 5.31. The Kier molecular flexibility index (Phi) is 6.60. The highest BCUT2D eigenvalue weighted by Crippen LogP contribution is 2.32. The fourth-order valence-corrected chi connectivity index (χ4v) is 3.70. The SMILES string of the molecule is CCN(CC)c1cccc(-c2cccc(-n3cnc4cc(C(F)(F)F)ccc43)c2)c1.Cl. The molecule has 7 heteroatoms. The minimum absolute atomic E-state index is 0. The van der Waals surface area contributed by atoms with Gasteiger partial charge in [-0.1, -0.05) is 24.3 Å². The topological polar surface area (TPSA) is 21.1 Å². The van der Waals surface area contributed by atoms with Crippen molar-refractivity contribution < 1.29 is 13.2 Å². The standard InChI is InChI=1S/C24H22F3N3.ClH/c1-3-29(4-2)20-9-5-7-17(13-20)18-8-6-10-21(14-18)30-16-28-22-15-19(24(25,26)27)11-12-23(22)30;/h5-16H,3-4H2,1-2H3;1H. The fraction of sp³-hybridized carbons (Fsp3) is 0.208. The molecule has 0 N–H and O–H groups in total. The van der Waals surface area contributed by atoms with Crippen LogP contribution in [0.25, 0.3) is 27.8 Å². The number of benzene rings is 3. The van der Waals surface area contributed by atoms with Gasteiger partial charge in [-0.3, -0.25) is 4.57 Å². The minimum Gasteiger partial charge on any atom is -0.372 e. The summed E-state index contributed by atoms with van der Waals surface area (Å²) in [7, 11) is 0. The molecule has 162 valence electrons. The third-order valence-electron chi connectivity index (χ3n) is 5.31. The fourth-order valence-electron chi connectivity index (χ4n) is 3.70. The van der Waals surface area contributed by atoms with Crippen molar-refractivity contribution in [2.45, 2.75) is 20.0 Å². The molecule has 0 spiro atoms. The van der Waals surface area contributed by atoms with E-state index in [4.69, 9.17) is 0 Å². The first-order valence-electron chi connectivity index (χ1n) is 9.91. The molecule has 3 aromatic carbocycles. The molecule has 0 aliphatic rings. The maximum Gasteiger partial charge on any atom is 0.416 e. The van der Waals surface area contributed by atoms with Crippen LogP contribution in [0.5, 0.6) is 0 Å². The van der Waals surface area contributed by atoms with Gasteiger partial charge in [-0.25, -0.2) is 4.98 Å². The number of rotatable bonds is 5. The van der Waals surface area contributed by atoms with E-state index in [0.717, 1.165) is 47.7 Å². The molecule has 0 fully saturated rings. The first kappa shape index (κ1) is 22.7. The number of hydrogen-bond acceptors (Lipinski definition) is 2. The lowest BCUT2D eigenvalue weighted by Crippen LogP contribution is -2.21. The number of fused-ring (bicyclic) bond motifs is 1. The van der Waals surface area contributed by atoms with Gasteiger partial charge >= 0.3 is 6.18 Å². The van der Waals surface area contributed by atoms with Crippen LogP contribution >= 0.6 is 12.4 Å². The van der Waals surface area contributed by atoms with Crippen LogP contribution in [0.1, 0.15) is 19.4 Å². The molecule has 0 bridgehead atoms. The van der Waals surface area contributed by atoms with Crippen molar-refractivity contribution in [3.05, 3.63) is 78.6 Å². The van der Waals surface area contributed by atoms with Crippen LogP contribution in [0.4, 0.5) is 18.9 Å². The maximum atomic E-state index is 13.0. The maximum absolute atomic E-state index is 13.0. The Balaban J connectivity index is 0.00000272. The predicted octanol–water partition coefficient (Wildman–Crippen LogP) is 6.98. The van der Waals surface area contributed by atoms with Crippen molar-refractivity contribution in [1.29, 1.82) is 0 Å². The zero-order valence-electron chi connectivity index (χ0n) is 17.2. The van der Waals surface area contributed by atoms with Gasteiger partial charge in [0.1, 0.15) is 6.33 Å². The molecule has 0 amide bonds. The van der Waals surface area contributed by atoms with Crippen LogP contribution in [0.3, 0.4) is 0 Å². The molecule has 1 aromatic heterocycles. The molecule has 0 saturated carbocycles. The lowest BCUT2D eigenvalue weighted by atomic mass is 10.0. The Morgan fingerprint density at radius 2 is 1.55 bits per heavy atom. The summed E-state index contributed by atoms with van der Waals surface area (Å²) >= 11 is 0. The van der Waals surface area contributed by atoms with Gasteiger partial charge in [0, 0.05) is 24.5 Å². The van der Waals surface area contributed by atoms with Crippen LogP contribution in [-0.2, 0) is 6.18 Å². The normalized spacial score (nSPS) is 11.4.